The first-order valence-electron chi connectivity index (χ1n) is 6.35. The highest BCUT2D eigenvalue weighted by atomic mass is 32.1. The third-order valence-electron chi connectivity index (χ3n) is 2.82. The molecule has 0 spiro atoms. The van der Waals surface area contributed by atoms with Gasteiger partial charge in [-0.1, -0.05) is 12.1 Å². The van der Waals surface area contributed by atoms with Crippen molar-refractivity contribution in [3.63, 3.8) is 0 Å². The van der Waals surface area contributed by atoms with Crippen molar-refractivity contribution >= 4 is 28.3 Å². The highest BCUT2D eigenvalue weighted by molar-refractivity contribution is 7.09. The Morgan fingerprint density at radius 2 is 2.25 bits per heavy atom. The highest BCUT2D eigenvalue weighted by Crippen LogP contribution is 2.14. The number of hydrogen-bond donors (Lipinski definition) is 1. The van der Waals surface area contributed by atoms with E-state index in [2.05, 4.69) is 15.3 Å². The SMILES string of the molecule is O=C(NCCCc1nccs1)c1nc2ccccc2o1. The van der Waals surface area contributed by atoms with E-state index in [1.54, 1.807) is 23.6 Å². The molecule has 0 unspecified atom stereocenters. The molecule has 0 aliphatic carbocycles. The van der Waals surface area contributed by atoms with E-state index in [1.165, 1.54) is 0 Å². The van der Waals surface area contributed by atoms with Crippen LogP contribution in [-0.2, 0) is 6.42 Å². The number of thiazole rings is 1. The lowest BCUT2D eigenvalue weighted by Gasteiger charge is -2.00. The van der Waals surface area contributed by atoms with Gasteiger partial charge in [0.15, 0.2) is 5.58 Å². The van der Waals surface area contributed by atoms with Crippen molar-refractivity contribution in [3.8, 4) is 0 Å². The van der Waals surface area contributed by atoms with Gasteiger partial charge in [-0.2, -0.15) is 0 Å². The first kappa shape index (κ1) is 12.8. The van der Waals surface area contributed by atoms with Gasteiger partial charge in [0.05, 0.1) is 5.01 Å². The summed E-state index contributed by atoms with van der Waals surface area (Å²) in [6.45, 7) is 0.580. The number of benzene rings is 1. The number of rotatable bonds is 5. The van der Waals surface area contributed by atoms with Crippen molar-refractivity contribution in [2.45, 2.75) is 12.8 Å². The first-order chi connectivity index (χ1) is 9.83. The molecule has 1 N–H and O–H groups in total. The summed E-state index contributed by atoms with van der Waals surface area (Å²) >= 11 is 1.63. The summed E-state index contributed by atoms with van der Waals surface area (Å²) in [5.74, 6) is -0.166. The van der Waals surface area contributed by atoms with E-state index in [-0.39, 0.29) is 11.8 Å². The number of hydrogen-bond acceptors (Lipinski definition) is 5. The fourth-order valence-electron chi connectivity index (χ4n) is 1.86. The summed E-state index contributed by atoms with van der Waals surface area (Å²) in [6, 6.07) is 7.32. The zero-order valence-electron chi connectivity index (χ0n) is 10.7. The van der Waals surface area contributed by atoms with E-state index in [0.29, 0.717) is 17.6 Å². The summed E-state index contributed by atoms with van der Waals surface area (Å²) < 4.78 is 5.40. The van der Waals surface area contributed by atoms with Crippen LogP contribution in [0.4, 0.5) is 0 Å². The number of carbonyl (C=O) groups is 1. The molecule has 0 aliphatic heterocycles. The maximum Gasteiger partial charge on any atom is 0.307 e. The van der Waals surface area contributed by atoms with Gasteiger partial charge in [-0.3, -0.25) is 4.79 Å². The predicted octanol–water partition coefficient (Wildman–Crippen LogP) is 2.65. The number of aromatic nitrogens is 2. The van der Waals surface area contributed by atoms with Crippen LogP contribution in [-0.4, -0.2) is 22.4 Å². The molecule has 3 aromatic rings. The summed E-state index contributed by atoms with van der Waals surface area (Å²) in [7, 11) is 0. The molecule has 0 atom stereocenters. The highest BCUT2D eigenvalue weighted by Gasteiger charge is 2.13. The van der Waals surface area contributed by atoms with Gasteiger partial charge in [-0.25, -0.2) is 9.97 Å². The Morgan fingerprint density at radius 3 is 3.05 bits per heavy atom. The molecule has 2 heterocycles. The monoisotopic (exact) mass is 287 g/mol. The van der Waals surface area contributed by atoms with E-state index < -0.39 is 0 Å². The summed E-state index contributed by atoms with van der Waals surface area (Å²) in [6.07, 6.45) is 3.50. The number of nitrogens with zero attached hydrogens (tertiary/aromatic N) is 2. The minimum Gasteiger partial charge on any atom is -0.432 e. The Labute approximate surface area is 119 Å². The van der Waals surface area contributed by atoms with Crippen molar-refractivity contribution in [1.82, 2.24) is 15.3 Å². The topological polar surface area (TPSA) is 68.0 Å². The standard InChI is InChI=1S/C14H13N3O2S/c18-13(16-7-3-6-12-15-8-9-20-12)14-17-10-4-1-2-5-11(10)19-14/h1-2,4-5,8-9H,3,6-7H2,(H,16,18). The van der Waals surface area contributed by atoms with Crippen LogP contribution in [0.2, 0.25) is 0 Å². The van der Waals surface area contributed by atoms with Gasteiger partial charge >= 0.3 is 5.91 Å². The third kappa shape index (κ3) is 2.85. The number of aryl methyl sites for hydroxylation is 1. The molecule has 5 nitrogen and oxygen atoms in total. The molecule has 2 aromatic heterocycles. The largest absolute Gasteiger partial charge is 0.432 e. The van der Waals surface area contributed by atoms with Crippen molar-refractivity contribution in [2.75, 3.05) is 6.54 Å². The fourth-order valence-corrected chi connectivity index (χ4v) is 2.53. The normalized spacial score (nSPS) is 10.8. The fraction of sp³-hybridized carbons (Fsp3) is 0.214. The second kappa shape index (κ2) is 5.83. The van der Waals surface area contributed by atoms with E-state index in [1.807, 2.05) is 23.6 Å². The molecule has 0 radical (unpaired) electrons. The predicted molar refractivity (Wildman–Crippen MR) is 76.8 cm³/mol. The third-order valence-corrected chi connectivity index (χ3v) is 3.66. The zero-order chi connectivity index (χ0) is 13.8. The average Bonchev–Trinajstić information content (AvgIpc) is 3.12. The van der Waals surface area contributed by atoms with Crippen molar-refractivity contribution in [2.24, 2.45) is 0 Å². The molecule has 102 valence electrons. The summed E-state index contributed by atoms with van der Waals surface area (Å²) in [4.78, 5) is 20.2. The minimum absolute atomic E-state index is 0.112. The van der Waals surface area contributed by atoms with Gasteiger partial charge in [0.2, 0.25) is 0 Å². The molecule has 0 fully saturated rings. The van der Waals surface area contributed by atoms with Crippen molar-refractivity contribution in [3.05, 3.63) is 46.7 Å². The second-order valence-corrected chi connectivity index (χ2v) is 5.25. The van der Waals surface area contributed by atoms with Crippen LogP contribution in [0.1, 0.15) is 22.1 Å². The van der Waals surface area contributed by atoms with Gasteiger partial charge < -0.3 is 9.73 Å². The van der Waals surface area contributed by atoms with E-state index >= 15 is 0 Å². The lowest BCUT2D eigenvalue weighted by atomic mass is 10.3. The smallest absolute Gasteiger partial charge is 0.307 e. The number of fused-ring (bicyclic) bond motifs is 1. The van der Waals surface area contributed by atoms with E-state index in [0.717, 1.165) is 17.8 Å². The molecular formula is C14H13N3O2S. The Morgan fingerprint density at radius 1 is 1.35 bits per heavy atom. The Hall–Kier alpha value is -2.21. The molecule has 0 saturated carbocycles. The maximum atomic E-state index is 11.9. The van der Waals surface area contributed by atoms with Gasteiger partial charge in [0.1, 0.15) is 5.52 Å². The number of para-hydroxylation sites is 2. The maximum absolute atomic E-state index is 11.9. The average molecular weight is 287 g/mol. The number of nitrogens with one attached hydrogen (secondary N) is 1. The first-order valence-corrected chi connectivity index (χ1v) is 7.23. The van der Waals surface area contributed by atoms with Crippen molar-refractivity contribution < 1.29 is 9.21 Å². The summed E-state index contributed by atoms with van der Waals surface area (Å²) in [5, 5.41) is 5.84. The molecule has 1 amide bonds. The van der Waals surface area contributed by atoms with Crippen LogP contribution >= 0.6 is 11.3 Å². The van der Waals surface area contributed by atoms with Crippen LogP contribution in [0.15, 0.2) is 40.3 Å². The lowest BCUT2D eigenvalue weighted by molar-refractivity contribution is 0.0921. The Bertz CT molecular complexity index is 673. The van der Waals surface area contributed by atoms with Crippen LogP contribution in [0, 0.1) is 0 Å². The Balaban J connectivity index is 1.53. The van der Waals surface area contributed by atoms with Gasteiger partial charge in [-0.05, 0) is 18.6 Å². The molecule has 20 heavy (non-hydrogen) atoms. The quantitative estimate of drug-likeness (QED) is 0.732. The van der Waals surface area contributed by atoms with E-state index in [4.69, 9.17) is 4.42 Å². The van der Waals surface area contributed by atoms with Gasteiger partial charge in [0.25, 0.3) is 5.89 Å². The number of amides is 1. The van der Waals surface area contributed by atoms with Crippen LogP contribution in [0.3, 0.4) is 0 Å². The van der Waals surface area contributed by atoms with Crippen LogP contribution < -0.4 is 5.32 Å². The Kier molecular flexibility index (Phi) is 3.73. The molecule has 6 heteroatoms. The van der Waals surface area contributed by atoms with Gasteiger partial charge in [-0.15, -0.1) is 11.3 Å². The molecule has 1 aromatic carbocycles. The molecule has 0 bridgehead atoms. The summed E-state index contributed by atoms with van der Waals surface area (Å²) in [5.41, 5.74) is 1.32. The molecule has 0 aliphatic rings. The second-order valence-electron chi connectivity index (χ2n) is 4.27. The van der Waals surface area contributed by atoms with E-state index in [9.17, 15) is 4.79 Å². The van der Waals surface area contributed by atoms with Gasteiger partial charge in [0, 0.05) is 24.5 Å². The zero-order valence-corrected chi connectivity index (χ0v) is 11.5. The number of oxazole rings is 1. The molecule has 3 rings (SSSR count). The lowest BCUT2D eigenvalue weighted by Crippen LogP contribution is -2.25. The van der Waals surface area contributed by atoms with Crippen molar-refractivity contribution in [1.29, 1.82) is 0 Å². The van der Waals surface area contributed by atoms with Crippen LogP contribution in [0.5, 0.6) is 0 Å². The minimum atomic E-state index is -0.277. The molecular weight excluding hydrogens is 274 g/mol. The van der Waals surface area contributed by atoms with Crippen LogP contribution in [0.25, 0.3) is 11.1 Å². The molecule has 0 saturated heterocycles. The number of carbonyl (C=O) groups excluding carboxylic acids is 1.